The van der Waals surface area contributed by atoms with Gasteiger partial charge in [0.05, 0.1) is 31.5 Å². The van der Waals surface area contributed by atoms with E-state index in [2.05, 4.69) is 6.07 Å². The molecule has 0 saturated carbocycles. The molecule has 2 atom stereocenters. The van der Waals surface area contributed by atoms with E-state index in [4.69, 9.17) is 19.3 Å². The van der Waals surface area contributed by atoms with Gasteiger partial charge in [-0.25, -0.2) is 9.40 Å². The molecule has 0 bridgehead atoms. The predicted molar refractivity (Wildman–Crippen MR) is 111 cm³/mol. The van der Waals surface area contributed by atoms with Crippen LogP contribution in [-0.4, -0.2) is 24.9 Å². The van der Waals surface area contributed by atoms with E-state index in [1.165, 1.54) is 12.1 Å². The third-order valence-corrected chi connectivity index (χ3v) is 5.58. The Morgan fingerprint density at radius 3 is 2.47 bits per heavy atom. The number of rotatable bonds is 4. The number of hydrazone groups is 1. The van der Waals surface area contributed by atoms with Crippen LogP contribution in [0.25, 0.3) is 0 Å². The molecule has 0 N–H and O–H groups in total. The minimum atomic E-state index is -0.479. The number of fused-ring (bicyclic) bond motifs is 3. The summed E-state index contributed by atoms with van der Waals surface area (Å²) in [5.41, 5.74) is 3.71. The Morgan fingerprint density at radius 1 is 0.933 bits per heavy atom. The molecular formula is C24H21FN2O3. The summed E-state index contributed by atoms with van der Waals surface area (Å²) in [7, 11) is 3.23. The van der Waals surface area contributed by atoms with Gasteiger partial charge in [-0.1, -0.05) is 36.4 Å². The molecule has 0 aliphatic carbocycles. The fourth-order valence-corrected chi connectivity index (χ4v) is 4.16. The van der Waals surface area contributed by atoms with Crippen LogP contribution in [0.4, 0.5) is 4.39 Å². The molecule has 152 valence electrons. The Labute approximate surface area is 174 Å². The SMILES string of the molecule is COc1cccc([C@H]2Oc3ccccc3[C@H]3CC(c4ccc(F)cc4)=NN32)c1OC. The van der Waals surface area contributed by atoms with Gasteiger partial charge in [-0.2, -0.15) is 5.10 Å². The number of para-hydroxylation sites is 2. The van der Waals surface area contributed by atoms with Crippen molar-refractivity contribution >= 4 is 5.71 Å². The fraction of sp³-hybridized carbons (Fsp3) is 0.208. The van der Waals surface area contributed by atoms with Crippen LogP contribution in [-0.2, 0) is 0 Å². The van der Waals surface area contributed by atoms with E-state index in [0.717, 1.165) is 28.2 Å². The monoisotopic (exact) mass is 404 g/mol. The summed E-state index contributed by atoms with van der Waals surface area (Å²) in [4.78, 5) is 0. The van der Waals surface area contributed by atoms with E-state index in [1.807, 2.05) is 41.4 Å². The van der Waals surface area contributed by atoms with Gasteiger partial charge in [0.15, 0.2) is 11.5 Å². The van der Waals surface area contributed by atoms with E-state index >= 15 is 0 Å². The maximum Gasteiger partial charge on any atom is 0.217 e. The molecule has 30 heavy (non-hydrogen) atoms. The number of ether oxygens (including phenoxy) is 3. The Morgan fingerprint density at radius 2 is 1.70 bits per heavy atom. The Hall–Kier alpha value is -3.54. The summed E-state index contributed by atoms with van der Waals surface area (Å²) >= 11 is 0. The van der Waals surface area contributed by atoms with Gasteiger partial charge in [0.25, 0.3) is 0 Å². The second kappa shape index (κ2) is 7.37. The molecule has 5 rings (SSSR count). The van der Waals surface area contributed by atoms with Crippen molar-refractivity contribution in [2.45, 2.75) is 18.7 Å². The van der Waals surface area contributed by atoms with Gasteiger partial charge < -0.3 is 14.2 Å². The second-order valence-corrected chi connectivity index (χ2v) is 7.24. The standard InChI is InChI=1S/C24H21FN2O3/c1-28-22-9-5-7-18(23(22)29-2)24-27-20(17-6-3-4-8-21(17)30-24)14-19(26-27)15-10-12-16(25)13-11-15/h3-13,20,24H,14H2,1-2H3/t20-,24-/m1/s1. The van der Waals surface area contributed by atoms with Crippen molar-refractivity contribution < 1.29 is 18.6 Å². The van der Waals surface area contributed by atoms with Gasteiger partial charge in [0.1, 0.15) is 11.6 Å². The zero-order valence-corrected chi connectivity index (χ0v) is 16.7. The summed E-state index contributed by atoms with van der Waals surface area (Å²) in [6.07, 6.45) is 0.224. The maximum absolute atomic E-state index is 13.4. The van der Waals surface area contributed by atoms with Crippen LogP contribution in [0.15, 0.2) is 71.8 Å². The van der Waals surface area contributed by atoms with E-state index in [0.29, 0.717) is 17.9 Å². The highest BCUT2D eigenvalue weighted by molar-refractivity contribution is 6.01. The summed E-state index contributed by atoms with van der Waals surface area (Å²) in [6.45, 7) is 0. The molecule has 0 unspecified atom stereocenters. The number of benzene rings is 3. The molecule has 0 aromatic heterocycles. The van der Waals surface area contributed by atoms with Gasteiger partial charge in [-0.15, -0.1) is 0 Å². The van der Waals surface area contributed by atoms with Crippen LogP contribution in [0.5, 0.6) is 17.2 Å². The predicted octanol–water partition coefficient (Wildman–Crippen LogP) is 5.09. The number of hydrogen-bond donors (Lipinski definition) is 0. The molecular weight excluding hydrogens is 383 g/mol. The molecule has 3 aromatic rings. The Balaban J connectivity index is 1.62. The van der Waals surface area contributed by atoms with Crippen LogP contribution in [0, 0.1) is 5.82 Å². The molecule has 5 nitrogen and oxygen atoms in total. The zero-order chi connectivity index (χ0) is 20.7. The fourth-order valence-electron chi connectivity index (χ4n) is 4.16. The van der Waals surface area contributed by atoms with Crippen LogP contribution < -0.4 is 14.2 Å². The van der Waals surface area contributed by atoms with E-state index < -0.39 is 6.23 Å². The lowest BCUT2D eigenvalue weighted by molar-refractivity contribution is -0.0205. The number of methoxy groups -OCH3 is 2. The van der Waals surface area contributed by atoms with Gasteiger partial charge in [-0.3, -0.25) is 0 Å². The number of hydrogen-bond acceptors (Lipinski definition) is 5. The zero-order valence-electron chi connectivity index (χ0n) is 16.7. The van der Waals surface area contributed by atoms with Crippen molar-refractivity contribution in [2.75, 3.05) is 14.2 Å². The van der Waals surface area contributed by atoms with Crippen molar-refractivity contribution in [3.63, 3.8) is 0 Å². The molecule has 0 spiro atoms. The number of halogens is 1. The van der Waals surface area contributed by atoms with Crippen LogP contribution in [0.2, 0.25) is 0 Å². The molecule has 3 aromatic carbocycles. The first-order valence-corrected chi connectivity index (χ1v) is 9.78. The van der Waals surface area contributed by atoms with Crippen LogP contribution >= 0.6 is 0 Å². The average molecular weight is 404 g/mol. The molecule has 0 fully saturated rings. The Kier molecular flexibility index (Phi) is 4.54. The third-order valence-electron chi connectivity index (χ3n) is 5.58. The minimum absolute atomic E-state index is 0.0101. The average Bonchev–Trinajstić information content (AvgIpc) is 3.24. The summed E-state index contributed by atoms with van der Waals surface area (Å²) in [5, 5.41) is 6.87. The highest BCUT2D eigenvalue weighted by Crippen LogP contribution is 2.49. The van der Waals surface area contributed by atoms with Crippen molar-refractivity contribution in [2.24, 2.45) is 5.10 Å². The number of nitrogens with zero attached hydrogens (tertiary/aromatic N) is 2. The molecule has 0 amide bonds. The first-order chi connectivity index (χ1) is 14.7. The van der Waals surface area contributed by atoms with Gasteiger partial charge in [-0.05, 0) is 35.9 Å². The molecule has 0 saturated heterocycles. The van der Waals surface area contributed by atoms with Gasteiger partial charge in [0, 0.05) is 12.0 Å². The third kappa shape index (κ3) is 2.96. The molecule has 2 aliphatic rings. The summed E-state index contributed by atoms with van der Waals surface area (Å²) in [6, 6.07) is 20.2. The highest BCUT2D eigenvalue weighted by atomic mass is 19.1. The highest BCUT2D eigenvalue weighted by Gasteiger charge is 2.42. The van der Waals surface area contributed by atoms with Crippen LogP contribution in [0.1, 0.15) is 35.4 Å². The van der Waals surface area contributed by atoms with Crippen molar-refractivity contribution in [1.82, 2.24) is 5.01 Å². The van der Waals surface area contributed by atoms with E-state index in [9.17, 15) is 4.39 Å². The lowest BCUT2D eigenvalue weighted by Crippen LogP contribution is -2.34. The lowest BCUT2D eigenvalue weighted by Gasteiger charge is -2.38. The van der Waals surface area contributed by atoms with E-state index in [1.54, 1.807) is 26.4 Å². The maximum atomic E-state index is 13.4. The van der Waals surface area contributed by atoms with E-state index in [-0.39, 0.29) is 11.9 Å². The van der Waals surface area contributed by atoms with Crippen molar-refractivity contribution in [3.05, 3.63) is 89.2 Å². The molecule has 2 aliphatic heterocycles. The molecule has 6 heteroatoms. The Bertz CT molecular complexity index is 1110. The van der Waals surface area contributed by atoms with Gasteiger partial charge >= 0.3 is 0 Å². The summed E-state index contributed by atoms with van der Waals surface area (Å²) < 4.78 is 30.9. The molecule has 0 radical (unpaired) electrons. The normalized spacial score (nSPS) is 19.4. The largest absolute Gasteiger partial charge is 0.493 e. The smallest absolute Gasteiger partial charge is 0.217 e. The first-order valence-electron chi connectivity index (χ1n) is 9.78. The molecule has 2 heterocycles. The quantitative estimate of drug-likeness (QED) is 0.608. The lowest BCUT2D eigenvalue weighted by atomic mass is 9.96. The van der Waals surface area contributed by atoms with Crippen LogP contribution in [0.3, 0.4) is 0 Å². The topological polar surface area (TPSA) is 43.3 Å². The van der Waals surface area contributed by atoms with Gasteiger partial charge in [0.2, 0.25) is 6.23 Å². The van der Waals surface area contributed by atoms with Crippen molar-refractivity contribution in [1.29, 1.82) is 0 Å². The summed E-state index contributed by atoms with van der Waals surface area (Å²) in [5.74, 6) is 1.82. The second-order valence-electron chi connectivity index (χ2n) is 7.24. The first kappa shape index (κ1) is 18.5. The van der Waals surface area contributed by atoms with Crippen molar-refractivity contribution in [3.8, 4) is 17.2 Å². The minimum Gasteiger partial charge on any atom is -0.493 e.